The number of piperidine rings is 1. The van der Waals surface area contributed by atoms with Gasteiger partial charge in [0.15, 0.2) is 5.96 Å². The molecule has 1 unspecified atom stereocenters. The average Bonchev–Trinajstić information content (AvgIpc) is 2.80. The van der Waals surface area contributed by atoms with Crippen LogP contribution in [-0.4, -0.2) is 81.5 Å². The summed E-state index contributed by atoms with van der Waals surface area (Å²) in [4.78, 5) is 9.24. The molecule has 1 aromatic carbocycles. The van der Waals surface area contributed by atoms with Crippen LogP contribution >= 0.6 is 24.0 Å². The number of guanidine groups is 1. The molecule has 0 radical (unpaired) electrons. The molecule has 0 amide bonds. The van der Waals surface area contributed by atoms with Crippen LogP contribution in [0.2, 0.25) is 0 Å². The van der Waals surface area contributed by atoms with Crippen LogP contribution < -0.4 is 5.32 Å². The molecule has 3 rings (SSSR count). The van der Waals surface area contributed by atoms with Crippen LogP contribution in [0.15, 0.2) is 35.3 Å². The number of likely N-dealkylation sites (tertiary alicyclic amines) is 1. The molecule has 0 saturated carbocycles. The maximum atomic E-state index is 6.14. The minimum absolute atomic E-state index is 0. The van der Waals surface area contributed by atoms with Crippen molar-refractivity contribution in [3.8, 4) is 0 Å². The van der Waals surface area contributed by atoms with E-state index in [4.69, 9.17) is 9.47 Å². The van der Waals surface area contributed by atoms with Crippen molar-refractivity contribution in [3.05, 3.63) is 35.9 Å². The molecule has 1 aromatic rings. The van der Waals surface area contributed by atoms with Gasteiger partial charge in [-0.05, 0) is 57.7 Å². The van der Waals surface area contributed by atoms with E-state index in [-0.39, 0.29) is 24.0 Å². The summed E-state index contributed by atoms with van der Waals surface area (Å²) >= 11 is 0. The molecule has 2 heterocycles. The van der Waals surface area contributed by atoms with Gasteiger partial charge >= 0.3 is 0 Å². The Labute approximate surface area is 205 Å². The van der Waals surface area contributed by atoms with Gasteiger partial charge < -0.3 is 24.6 Å². The zero-order chi connectivity index (χ0) is 21.0. The predicted octanol–water partition coefficient (Wildman–Crippen LogP) is 3.75. The van der Waals surface area contributed by atoms with Crippen LogP contribution in [0.4, 0.5) is 0 Å². The number of hydrogen-bond donors (Lipinski definition) is 1. The van der Waals surface area contributed by atoms with Crippen molar-refractivity contribution in [2.75, 3.05) is 53.5 Å². The highest BCUT2D eigenvalue weighted by molar-refractivity contribution is 14.0. The summed E-state index contributed by atoms with van der Waals surface area (Å²) < 4.78 is 11.9. The fourth-order valence-corrected chi connectivity index (χ4v) is 4.27. The lowest BCUT2D eigenvalue weighted by molar-refractivity contribution is -0.0721. The van der Waals surface area contributed by atoms with Crippen molar-refractivity contribution in [3.63, 3.8) is 0 Å². The lowest BCUT2D eigenvalue weighted by atomic mass is 10.1. The Morgan fingerprint density at radius 3 is 2.65 bits per heavy atom. The van der Waals surface area contributed by atoms with Gasteiger partial charge in [-0.15, -0.1) is 24.0 Å². The fourth-order valence-electron chi connectivity index (χ4n) is 4.27. The van der Waals surface area contributed by atoms with E-state index in [9.17, 15) is 0 Å². The Morgan fingerprint density at radius 2 is 1.97 bits per heavy atom. The van der Waals surface area contributed by atoms with E-state index in [1.165, 1.54) is 18.4 Å². The van der Waals surface area contributed by atoms with E-state index < -0.39 is 0 Å². The third-order valence-corrected chi connectivity index (χ3v) is 6.04. The van der Waals surface area contributed by atoms with E-state index in [1.807, 2.05) is 7.05 Å². The normalized spacial score (nSPS) is 20.5. The lowest BCUT2D eigenvalue weighted by Gasteiger charge is -2.35. The minimum Gasteiger partial charge on any atom is -0.376 e. The second-order valence-corrected chi connectivity index (χ2v) is 8.56. The highest BCUT2D eigenvalue weighted by Gasteiger charge is 2.23. The van der Waals surface area contributed by atoms with Crippen molar-refractivity contribution in [2.45, 2.75) is 57.3 Å². The largest absolute Gasteiger partial charge is 0.376 e. The van der Waals surface area contributed by atoms with Gasteiger partial charge in [0, 0.05) is 39.8 Å². The lowest BCUT2D eigenvalue weighted by Crippen LogP contribution is -2.47. The number of halogens is 1. The first-order chi connectivity index (χ1) is 14.7. The number of hydrogen-bond acceptors (Lipinski definition) is 4. The summed E-state index contributed by atoms with van der Waals surface area (Å²) in [5.41, 5.74) is 1.36. The predicted molar refractivity (Wildman–Crippen MR) is 138 cm³/mol. The van der Waals surface area contributed by atoms with Crippen LogP contribution in [0, 0.1) is 0 Å². The molecule has 0 bridgehead atoms. The third kappa shape index (κ3) is 9.63. The van der Waals surface area contributed by atoms with E-state index in [2.05, 4.69) is 57.5 Å². The Balaban J connectivity index is 0.00000341. The van der Waals surface area contributed by atoms with Gasteiger partial charge in [-0.25, -0.2) is 0 Å². The summed E-state index contributed by atoms with van der Waals surface area (Å²) in [6.07, 6.45) is 7.52. The van der Waals surface area contributed by atoms with Crippen LogP contribution in [0.1, 0.15) is 44.1 Å². The van der Waals surface area contributed by atoms with Gasteiger partial charge in [0.05, 0.1) is 18.8 Å². The molecule has 0 aromatic heterocycles. The molecule has 7 heteroatoms. The number of aliphatic imine (C=N–C) groups is 1. The number of ether oxygens (including phenoxy) is 2. The standard InChI is InChI=1S/C24H40N4O2.HI/c1-25-24(26-14-8-15-27(2)19-21-9-4-3-5-10-21)28-16-12-22(13-17-28)30-20-23-11-6-7-18-29-23;/h3-5,9-10,22-23H,6-8,11-20H2,1-2H3,(H,25,26);1H. The monoisotopic (exact) mass is 544 g/mol. The number of rotatable bonds is 9. The molecular formula is C24H41IN4O2. The molecule has 1 atom stereocenters. The van der Waals surface area contributed by atoms with Gasteiger partial charge in [-0.3, -0.25) is 4.99 Å². The second kappa shape index (κ2) is 15.0. The Hall–Kier alpha value is -0.900. The van der Waals surface area contributed by atoms with Gasteiger partial charge in [0.25, 0.3) is 0 Å². The summed E-state index contributed by atoms with van der Waals surface area (Å²) in [5, 5.41) is 3.55. The first kappa shape index (κ1) is 26.4. The van der Waals surface area contributed by atoms with Crippen LogP contribution in [-0.2, 0) is 16.0 Å². The number of nitrogens with one attached hydrogen (secondary N) is 1. The van der Waals surface area contributed by atoms with E-state index >= 15 is 0 Å². The molecule has 176 valence electrons. The van der Waals surface area contributed by atoms with Crippen LogP contribution in [0.3, 0.4) is 0 Å². The highest BCUT2D eigenvalue weighted by Crippen LogP contribution is 2.18. The van der Waals surface area contributed by atoms with Crippen molar-refractivity contribution in [2.24, 2.45) is 4.99 Å². The molecule has 31 heavy (non-hydrogen) atoms. The second-order valence-electron chi connectivity index (χ2n) is 8.56. The minimum atomic E-state index is 0. The van der Waals surface area contributed by atoms with Gasteiger partial charge in [0.2, 0.25) is 0 Å². The molecule has 0 aliphatic carbocycles. The van der Waals surface area contributed by atoms with Crippen molar-refractivity contribution < 1.29 is 9.47 Å². The first-order valence-electron chi connectivity index (χ1n) is 11.7. The highest BCUT2D eigenvalue weighted by atomic mass is 127. The zero-order valence-electron chi connectivity index (χ0n) is 19.3. The van der Waals surface area contributed by atoms with Crippen molar-refractivity contribution in [1.29, 1.82) is 0 Å². The molecule has 1 N–H and O–H groups in total. The fraction of sp³-hybridized carbons (Fsp3) is 0.708. The quantitative estimate of drug-likeness (QED) is 0.222. The Kier molecular flexibility index (Phi) is 12.8. The van der Waals surface area contributed by atoms with Gasteiger partial charge in [-0.2, -0.15) is 0 Å². The molecule has 0 spiro atoms. The Morgan fingerprint density at radius 1 is 1.19 bits per heavy atom. The molecule has 2 aliphatic heterocycles. The molecule has 2 aliphatic rings. The third-order valence-electron chi connectivity index (χ3n) is 6.04. The summed E-state index contributed by atoms with van der Waals surface area (Å²) in [7, 11) is 4.07. The zero-order valence-corrected chi connectivity index (χ0v) is 21.6. The van der Waals surface area contributed by atoms with Crippen LogP contribution in [0.5, 0.6) is 0 Å². The Bertz CT molecular complexity index is 617. The maximum Gasteiger partial charge on any atom is 0.193 e. The molecule has 2 fully saturated rings. The van der Waals surface area contributed by atoms with Crippen molar-refractivity contribution >= 4 is 29.9 Å². The van der Waals surface area contributed by atoms with E-state index in [0.29, 0.717) is 12.2 Å². The van der Waals surface area contributed by atoms with Gasteiger partial charge in [-0.1, -0.05) is 30.3 Å². The van der Waals surface area contributed by atoms with E-state index in [1.54, 1.807) is 0 Å². The van der Waals surface area contributed by atoms with Crippen LogP contribution in [0.25, 0.3) is 0 Å². The van der Waals surface area contributed by atoms with Gasteiger partial charge in [0.1, 0.15) is 0 Å². The molecular weight excluding hydrogens is 503 g/mol. The van der Waals surface area contributed by atoms with E-state index in [0.717, 1.165) is 77.6 Å². The summed E-state index contributed by atoms with van der Waals surface area (Å²) in [6, 6.07) is 10.6. The molecule has 2 saturated heterocycles. The summed E-state index contributed by atoms with van der Waals surface area (Å²) in [6.45, 7) is 6.67. The SMILES string of the molecule is CN=C(NCCCN(C)Cc1ccccc1)N1CCC(OCC2CCCCO2)CC1.I. The smallest absolute Gasteiger partial charge is 0.193 e. The van der Waals surface area contributed by atoms with Crippen molar-refractivity contribution in [1.82, 2.24) is 15.1 Å². The first-order valence-corrected chi connectivity index (χ1v) is 11.7. The topological polar surface area (TPSA) is 49.3 Å². The number of benzene rings is 1. The summed E-state index contributed by atoms with van der Waals surface area (Å²) in [5.74, 6) is 1.02. The maximum absolute atomic E-state index is 6.14. The molecule has 6 nitrogen and oxygen atoms in total. The number of nitrogens with zero attached hydrogens (tertiary/aromatic N) is 3. The average molecular weight is 545 g/mol.